The standard InChI is InChI=1S/C14H21N3O4/c18-12-7-17(14(20)15-12)8-13(19)16-5-1-2-11(6-16)21-9-10-3-4-10/h10-11H,1-9H2,(H,15,18,20). The Kier molecular flexibility index (Phi) is 4.10. The first-order chi connectivity index (χ1) is 10.1. The lowest BCUT2D eigenvalue weighted by molar-refractivity contribution is -0.136. The lowest BCUT2D eigenvalue weighted by atomic mass is 10.1. The molecule has 0 aromatic heterocycles. The second-order valence-corrected chi connectivity index (χ2v) is 6.09. The molecule has 1 unspecified atom stereocenters. The van der Waals surface area contributed by atoms with Crippen molar-refractivity contribution in [1.29, 1.82) is 0 Å². The van der Waals surface area contributed by atoms with Gasteiger partial charge in [-0.15, -0.1) is 0 Å². The van der Waals surface area contributed by atoms with Gasteiger partial charge in [0.2, 0.25) is 11.8 Å². The van der Waals surface area contributed by atoms with Crippen molar-refractivity contribution in [2.75, 3.05) is 32.8 Å². The number of ether oxygens (including phenoxy) is 1. The second kappa shape index (κ2) is 6.01. The molecule has 0 aromatic rings. The molecule has 1 aliphatic carbocycles. The molecule has 1 saturated carbocycles. The maximum atomic E-state index is 12.2. The Hall–Kier alpha value is -1.63. The van der Waals surface area contributed by atoms with Gasteiger partial charge in [0.05, 0.1) is 6.10 Å². The summed E-state index contributed by atoms with van der Waals surface area (Å²) in [6.07, 6.45) is 4.53. The highest BCUT2D eigenvalue weighted by molar-refractivity contribution is 6.03. The fourth-order valence-electron chi connectivity index (χ4n) is 2.73. The summed E-state index contributed by atoms with van der Waals surface area (Å²) in [4.78, 5) is 37.8. The van der Waals surface area contributed by atoms with Crippen molar-refractivity contribution in [2.45, 2.75) is 31.8 Å². The molecule has 0 radical (unpaired) electrons. The first-order valence-corrected chi connectivity index (χ1v) is 7.60. The fraction of sp³-hybridized carbons (Fsp3) is 0.786. The van der Waals surface area contributed by atoms with Crippen LogP contribution in [0, 0.1) is 5.92 Å². The maximum absolute atomic E-state index is 12.2. The summed E-state index contributed by atoms with van der Waals surface area (Å²) < 4.78 is 5.85. The topological polar surface area (TPSA) is 79.0 Å². The third kappa shape index (κ3) is 3.72. The van der Waals surface area contributed by atoms with Crippen LogP contribution >= 0.6 is 0 Å². The van der Waals surface area contributed by atoms with Crippen LogP contribution in [0.5, 0.6) is 0 Å². The van der Waals surface area contributed by atoms with E-state index in [1.165, 1.54) is 17.7 Å². The maximum Gasteiger partial charge on any atom is 0.325 e. The summed E-state index contributed by atoms with van der Waals surface area (Å²) >= 11 is 0. The SMILES string of the molecule is O=C1CN(CC(=O)N2CCCC(OCC3CC3)C2)C(=O)N1. The number of likely N-dealkylation sites (tertiary alicyclic amines) is 1. The average molecular weight is 295 g/mol. The van der Waals surface area contributed by atoms with E-state index in [1.807, 2.05) is 0 Å². The highest BCUT2D eigenvalue weighted by atomic mass is 16.5. The third-order valence-corrected chi connectivity index (χ3v) is 4.19. The number of hydrogen-bond acceptors (Lipinski definition) is 4. The number of piperidine rings is 1. The first-order valence-electron chi connectivity index (χ1n) is 7.60. The predicted octanol–water partition coefficient (Wildman–Crippen LogP) is -0.0442. The van der Waals surface area contributed by atoms with Gasteiger partial charge < -0.3 is 14.5 Å². The van der Waals surface area contributed by atoms with Crippen LogP contribution in [0.1, 0.15) is 25.7 Å². The van der Waals surface area contributed by atoms with Crippen molar-refractivity contribution >= 4 is 17.8 Å². The van der Waals surface area contributed by atoms with Crippen LogP contribution in [0.4, 0.5) is 4.79 Å². The van der Waals surface area contributed by atoms with E-state index in [0.29, 0.717) is 13.1 Å². The highest BCUT2D eigenvalue weighted by Gasteiger charge is 2.32. The van der Waals surface area contributed by atoms with Crippen molar-refractivity contribution in [1.82, 2.24) is 15.1 Å². The van der Waals surface area contributed by atoms with E-state index in [2.05, 4.69) is 5.32 Å². The second-order valence-electron chi connectivity index (χ2n) is 6.09. The fourth-order valence-corrected chi connectivity index (χ4v) is 2.73. The highest BCUT2D eigenvalue weighted by Crippen LogP contribution is 2.30. The van der Waals surface area contributed by atoms with Crippen LogP contribution in [0.25, 0.3) is 0 Å². The van der Waals surface area contributed by atoms with Gasteiger partial charge in [-0.3, -0.25) is 14.9 Å². The molecule has 1 atom stereocenters. The molecule has 7 nitrogen and oxygen atoms in total. The first kappa shape index (κ1) is 14.3. The molecule has 3 rings (SSSR count). The van der Waals surface area contributed by atoms with E-state index in [4.69, 9.17) is 4.74 Å². The molecule has 2 heterocycles. The van der Waals surface area contributed by atoms with Gasteiger partial charge >= 0.3 is 6.03 Å². The van der Waals surface area contributed by atoms with Gasteiger partial charge in [-0.1, -0.05) is 0 Å². The van der Waals surface area contributed by atoms with Crippen molar-refractivity contribution in [3.8, 4) is 0 Å². The lowest BCUT2D eigenvalue weighted by Gasteiger charge is -2.33. The van der Waals surface area contributed by atoms with Gasteiger partial charge in [-0.25, -0.2) is 4.79 Å². The van der Waals surface area contributed by atoms with Crippen LogP contribution in [-0.4, -0.2) is 66.5 Å². The summed E-state index contributed by atoms with van der Waals surface area (Å²) in [7, 11) is 0. The minimum absolute atomic E-state index is 0.0278. The molecule has 1 N–H and O–H groups in total. The predicted molar refractivity (Wildman–Crippen MR) is 73.4 cm³/mol. The molecule has 2 aliphatic heterocycles. The Balaban J connectivity index is 1.47. The van der Waals surface area contributed by atoms with Gasteiger partial charge in [0.25, 0.3) is 0 Å². The van der Waals surface area contributed by atoms with E-state index < -0.39 is 6.03 Å². The Morgan fingerprint density at radius 3 is 2.76 bits per heavy atom. The van der Waals surface area contributed by atoms with Gasteiger partial charge in [-0.05, 0) is 31.6 Å². The van der Waals surface area contributed by atoms with E-state index >= 15 is 0 Å². The van der Waals surface area contributed by atoms with Crippen LogP contribution < -0.4 is 5.32 Å². The Bertz CT molecular complexity index is 450. The zero-order chi connectivity index (χ0) is 14.8. The third-order valence-electron chi connectivity index (χ3n) is 4.19. The molecule has 2 saturated heterocycles. The van der Waals surface area contributed by atoms with Crippen LogP contribution in [0.3, 0.4) is 0 Å². The molecule has 0 aromatic carbocycles. The molecule has 0 spiro atoms. The number of carbonyl (C=O) groups is 3. The molecule has 3 aliphatic rings. The molecular formula is C14H21N3O4. The molecule has 7 heteroatoms. The summed E-state index contributed by atoms with van der Waals surface area (Å²) in [5, 5.41) is 2.18. The monoisotopic (exact) mass is 295 g/mol. The summed E-state index contributed by atoms with van der Waals surface area (Å²) in [5.41, 5.74) is 0. The Morgan fingerprint density at radius 1 is 1.29 bits per heavy atom. The van der Waals surface area contributed by atoms with E-state index in [-0.39, 0.29) is 31.0 Å². The van der Waals surface area contributed by atoms with Gasteiger partial charge in [0.15, 0.2) is 0 Å². The summed E-state index contributed by atoms with van der Waals surface area (Å²) in [5.74, 6) is 0.257. The number of amides is 4. The zero-order valence-corrected chi connectivity index (χ0v) is 12.0. The van der Waals surface area contributed by atoms with Crippen molar-refractivity contribution in [3.63, 3.8) is 0 Å². The number of imide groups is 1. The molecule has 116 valence electrons. The summed E-state index contributed by atoms with van der Waals surface area (Å²) in [6, 6.07) is -0.480. The minimum Gasteiger partial charge on any atom is -0.376 e. The zero-order valence-electron chi connectivity index (χ0n) is 12.0. The number of nitrogens with zero attached hydrogens (tertiary/aromatic N) is 2. The van der Waals surface area contributed by atoms with Crippen molar-refractivity contribution < 1.29 is 19.1 Å². The average Bonchev–Trinajstić information content (AvgIpc) is 3.23. The van der Waals surface area contributed by atoms with Gasteiger partial charge in [0, 0.05) is 19.7 Å². The van der Waals surface area contributed by atoms with Crippen LogP contribution in [0.2, 0.25) is 0 Å². The van der Waals surface area contributed by atoms with Gasteiger partial charge in [0.1, 0.15) is 13.1 Å². The Morgan fingerprint density at radius 2 is 2.10 bits per heavy atom. The van der Waals surface area contributed by atoms with E-state index in [1.54, 1.807) is 4.90 Å². The Labute approximate surface area is 123 Å². The molecule has 4 amide bonds. The van der Waals surface area contributed by atoms with Crippen LogP contribution in [-0.2, 0) is 14.3 Å². The van der Waals surface area contributed by atoms with E-state index in [9.17, 15) is 14.4 Å². The lowest BCUT2D eigenvalue weighted by Crippen LogP contribution is -2.47. The minimum atomic E-state index is -0.480. The van der Waals surface area contributed by atoms with Gasteiger partial charge in [-0.2, -0.15) is 0 Å². The van der Waals surface area contributed by atoms with Crippen LogP contribution in [0.15, 0.2) is 0 Å². The molecular weight excluding hydrogens is 274 g/mol. The largest absolute Gasteiger partial charge is 0.376 e. The molecule has 0 bridgehead atoms. The normalized spacial score (nSPS) is 26.2. The molecule has 21 heavy (non-hydrogen) atoms. The number of urea groups is 1. The number of rotatable bonds is 5. The van der Waals surface area contributed by atoms with Crippen molar-refractivity contribution in [3.05, 3.63) is 0 Å². The summed E-state index contributed by atoms with van der Waals surface area (Å²) in [6.45, 7) is 2.03. The number of carbonyl (C=O) groups excluding carboxylic acids is 3. The molecule has 3 fully saturated rings. The van der Waals surface area contributed by atoms with Crippen molar-refractivity contribution in [2.24, 2.45) is 5.92 Å². The number of hydrogen-bond donors (Lipinski definition) is 1. The quantitative estimate of drug-likeness (QED) is 0.722. The number of nitrogens with one attached hydrogen (secondary N) is 1. The smallest absolute Gasteiger partial charge is 0.325 e. The van der Waals surface area contributed by atoms with E-state index in [0.717, 1.165) is 25.4 Å².